The number of esters is 1. The van der Waals surface area contributed by atoms with Crippen LogP contribution < -0.4 is 15.4 Å². The number of para-hydroxylation sites is 2. The third-order valence-electron chi connectivity index (χ3n) is 3.09. The largest absolute Gasteiger partial charge is 0.478 e. The van der Waals surface area contributed by atoms with Crippen molar-refractivity contribution in [2.75, 3.05) is 11.9 Å². The maximum absolute atomic E-state index is 11.9. The molecular formula is C15H18N2O5. The molecule has 1 aliphatic rings. The maximum Gasteiger partial charge on any atom is 0.310 e. The zero-order chi connectivity index (χ0) is 16.1. The number of nitrogens with one attached hydrogen (secondary N) is 2. The van der Waals surface area contributed by atoms with E-state index in [0.29, 0.717) is 18.0 Å². The van der Waals surface area contributed by atoms with E-state index >= 15 is 0 Å². The Morgan fingerprint density at radius 3 is 2.86 bits per heavy atom. The molecule has 0 spiro atoms. The first-order valence-electron chi connectivity index (χ1n) is 7.05. The van der Waals surface area contributed by atoms with Crippen LogP contribution >= 0.6 is 0 Å². The average Bonchev–Trinajstić information content (AvgIpc) is 2.48. The van der Waals surface area contributed by atoms with Gasteiger partial charge in [0, 0.05) is 6.54 Å². The van der Waals surface area contributed by atoms with E-state index in [2.05, 4.69) is 10.6 Å². The van der Waals surface area contributed by atoms with Crippen LogP contribution in [-0.2, 0) is 19.1 Å². The molecule has 0 aliphatic carbocycles. The molecule has 7 nitrogen and oxygen atoms in total. The molecule has 22 heavy (non-hydrogen) atoms. The van der Waals surface area contributed by atoms with Gasteiger partial charge in [0.1, 0.15) is 5.75 Å². The summed E-state index contributed by atoms with van der Waals surface area (Å²) in [6.45, 7) is 3.69. The van der Waals surface area contributed by atoms with Crippen molar-refractivity contribution in [3.8, 4) is 5.75 Å². The summed E-state index contributed by atoms with van der Waals surface area (Å²) in [4.78, 5) is 35.2. The Morgan fingerprint density at radius 2 is 2.14 bits per heavy atom. The van der Waals surface area contributed by atoms with Gasteiger partial charge < -0.3 is 20.1 Å². The van der Waals surface area contributed by atoms with Crippen molar-refractivity contribution in [2.45, 2.75) is 32.5 Å². The van der Waals surface area contributed by atoms with Crippen molar-refractivity contribution in [2.24, 2.45) is 0 Å². The number of amides is 2. The van der Waals surface area contributed by atoms with Gasteiger partial charge in [-0.3, -0.25) is 14.4 Å². The SMILES string of the molecule is CCNC(=O)[C@H](C)OC(=O)C[C@H]1Oc2ccccc2NC1=O. The molecule has 2 rings (SSSR count). The fourth-order valence-electron chi connectivity index (χ4n) is 2.00. The second-order valence-corrected chi connectivity index (χ2v) is 4.82. The molecule has 2 amide bonds. The van der Waals surface area contributed by atoms with Crippen molar-refractivity contribution in [1.82, 2.24) is 5.32 Å². The van der Waals surface area contributed by atoms with Crippen molar-refractivity contribution in [1.29, 1.82) is 0 Å². The highest BCUT2D eigenvalue weighted by Crippen LogP contribution is 2.29. The highest BCUT2D eigenvalue weighted by atomic mass is 16.6. The van der Waals surface area contributed by atoms with E-state index in [4.69, 9.17) is 9.47 Å². The molecule has 0 unspecified atom stereocenters. The molecule has 1 aromatic rings. The maximum atomic E-state index is 11.9. The van der Waals surface area contributed by atoms with Gasteiger partial charge in [0.05, 0.1) is 12.1 Å². The summed E-state index contributed by atoms with van der Waals surface area (Å²) >= 11 is 0. The first-order valence-corrected chi connectivity index (χ1v) is 7.05. The number of carbonyl (C=O) groups excluding carboxylic acids is 3. The normalized spacial score (nSPS) is 17.5. The topological polar surface area (TPSA) is 93.7 Å². The molecule has 0 radical (unpaired) electrons. The van der Waals surface area contributed by atoms with Crippen molar-refractivity contribution in [3.63, 3.8) is 0 Å². The minimum atomic E-state index is -0.969. The Morgan fingerprint density at radius 1 is 1.41 bits per heavy atom. The van der Waals surface area contributed by atoms with Crippen molar-refractivity contribution < 1.29 is 23.9 Å². The summed E-state index contributed by atoms with van der Waals surface area (Å²) in [5.74, 6) is -0.966. The summed E-state index contributed by atoms with van der Waals surface area (Å²) < 4.78 is 10.5. The second-order valence-electron chi connectivity index (χ2n) is 4.82. The van der Waals surface area contributed by atoms with Crippen LogP contribution in [0.2, 0.25) is 0 Å². The minimum absolute atomic E-state index is 0.260. The average molecular weight is 306 g/mol. The van der Waals surface area contributed by atoms with Gasteiger partial charge in [-0.05, 0) is 26.0 Å². The molecule has 2 atom stereocenters. The summed E-state index contributed by atoms with van der Waals surface area (Å²) in [6, 6.07) is 6.94. The van der Waals surface area contributed by atoms with Gasteiger partial charge in [0.25, 0.3) is 11.8 Å². The van der Waals surface area contributed by atoms with Gasteiger partial charge in [0.15, 0.2) is 12.2 Å². The van der Waals surface area contributed by atoms with Crippen molar-refractivity contribution in [3.05, 3.63) is 24.3 Å². The van der Waals surface area contributed by atoms with Crippen LogP contribution in [0.25, 0.3) is 0 Å². The van der Waals surface area contributed by atoms with Crippen LogP contribution in [0.5, 0.6) is 5.75 Å². The smallest absolute Gasteiger partial charge is 0.310 e. The van der Waals surface area contributed by atoms with E-state index in [-0.39, 0.29) is 12.3 Å². The van der Waals surface area contributed by atoms with E-state index in [1.54, 1.807) is 31.2 Å². The van der Waals surface area contributed by atoms with Gasteiger partial charge in [-0.1, -0.05) is 12.1 Å². The zero-order valence-electron chi connectivity index (χ0n) is 12.4. The van der Waals surface area contributed by atoms with E-state index in [9.17, 15) is 14.4 Å². The van der Waals surface area contributed by atoms with E-state index in [0.717, 1.165) is 0 Å². The number of ether oxygens (including phenoxy) is 2. The Kier molecular flexibility index (Phi) is 4.98. The van der Waals surface area contributed by atoms with Crippen LogP contribution in [0.1, 0.15) is 20.3 Å². The van der Waals surface area contributed by atoms with E-state index in [1.807, 2.05) is 0 Å². The number of benzene rings is 1. The van der Waals surface area contributed by atoms with Crippen LogP contribution in [0.3, 0.4) is 0 Å². The lowest BCUT2D eigenvalue weighted by atomic mass is 10.1. The number of fused-ring (bicyclic) bond motifs is 1. The monoisotopic (exact) mass is 306 g/mol. The molecule has 2 N–H and O–H groups in total. The number of rotatable bonds is 5. The summed E-state index contributed by atoms with van der Waals surface area (Å²) in [5.41, 5.74) is 0.563. The predicted molar refractivity (Wildman–Crippen MR) is 78.3 cm³/mol. The zero-order valence-corrected chi connectivity index (χ0v) is 12.4. The number of carbonyl (C=O) groups is 3. The minimum Gasteiger partial charge on any atom is -0.478 e. The Labute approximate surface area is 128 Å². The lowest BCUT2D eigenvalue weighted by molar-refractivity contribution is -0.157. The molecule has 0 aromatic heterocycles. The number of hydrogen-bond acceptors (Lipinski definition) is 5. The molecule has 1 heterocycles. The van der Waals surface area contributed by atoms with Gasteiger partial charge in [-0.2, -0.15) is 0 Å². The first-order chi connectivity index (χ1) is 10.5. The van der Waals surface area contributed by atoms with Crippen LogP contribution in [-0.4, -0.2) is 36.5 Å². The van der Waals surface area contributed by atoms with Crippen LogP contribution in [0.4, 0.5) is 5.69 Å². The number of hydrogen-bond donors (Lipinski definition) is 2. The quantitative estimate of drug-likeness (QED) is 0.786. The molecule has 0 saturated heterocycles. The highest BCUT2D eigenvalue weighted by Gasteiger charge is 2.31. The third kappa shape index (κ3) is 3.75. The highest BCUT2D eigenvalue weighted by molar-refractivity contribution is 5.99. The Bertz CT molecular complexity index is 587. The number of likely N-dealkylation sites (N-methyl/N-ethyl adjacent to an activating group) is 1. The fourth-order valence-corrected chi connectivity index (χ4v) is 2.00. The molecule has 1 aliphatic heterocycles. The lowest BCUT2D eigenvalue weighted by Crippen LogP contribution is -2.40. The predicted octanol–water partition coefficient (Wildman–Crippen LogP) is 0.844. The summed E-state index contributed by atoms with van der Waals surface area (Å²) in [6.07, 6.45) is -2.14. The van der Waals surface area contributed by atoms with E-state index < -0.39 is 24.1 Å². The van der Waals surface area contributed by atoms with Crippen LogP contribution in [0.15, 0.2) is 24.3 Å². The van der Waals surface area contributed by atoms with Gasteiger partial charge in [-0.15, -0.1) is 0 Å². The van der Waals surface area contributed by atoms with Gasteiger partial charge >= 0.3 is 5.97 Å². The van der Waals surface area contributed by atoms with Crippen molar-refractivity contribution >= 4 is 23.5 Å². The summed E-state index contributed by atoms with van der Waals surface area (Å²) in [5, 5.41) is 5.21. The second kappa shape index (κ2) is 6.93. The molecule has 0 bridgehead atoms. The Hall–Kier alpha value is -2.57. The molecular weight excluding hydrogens is 288 g/mol. The molecule has 118 valence electrons. The molecule has 1 aromatic carbocycles. The van der Waals surface area contributed by atoms with E-state index in [1.165, 1.54) is 6.92 Å². The lowest BCUT2D eigenvalue weighted by Gasteiger charge is -2.25. The van der Waals surface area contributed by atoms with Crippen LogP contribution in [0, 0.1) is 0 Å². The van der Waals surface area contributed by atoms with Gasteiger partial charge in [-0.25, -0.2) is 0 Å². The number of anilines is 1. The Balaban J connectivity index is 1.92. The fraction of sp³-hybridized carbons (Fsp3) is 0.400. The summed E-state index contributed by atoms with van der Waals surface area (Å²) in [7, 11) is 0. The van der Waals surface area contributed by atoms with Gasteiger partial charge in [0.2, 0.25) is 0 Å². The molecule has 7 heteroatoms. The molecule has 0 fully saturated rings. The first kappa shape index (κ1) is 15.8. The molecule has 0 saturated carbocycles. The third-order valence-corrected chi connectivity index (χ3v) is 3.09. The standard InChI is InChI=1S/C15H18N2O5/c1-3-16-14(19)9(2)21-13(18)8-12-15(20)17-10-6-4-5-7-11(10)22-12/h4-7,9,12H,3,8H2,1-2H3,(H,16,19)(H,17,20)/t9-,12+/m0/s1.